The first-order chi connectivity index (χ1) is 17.6. The minimum atomic E-state index is -3.57. The molecule has 0 saturated carbocycles. The van der Waals surface area contributed by atoms with E-state index >= 15 is 0 Å². The predicted octanol–water partition coefficient (Wildman–Crippen LogP) is 5.02. The maximum absolute atomic E-state index is 13.3. The number of H-pyrrole nitrogens is 1. The third kappa shape index (κ3) is 5.43. The summed E-state index contributed by atoms with van der Waals surface area (Å²) in [6.07, 6.45) is 5.65. The second kappa shape index (κ2) is 10.4. The van der Waals surface area contributed by atoms with Crippen LogP contribution in [0.1, 0.15) is 43.6 Å². The van der Waals surface area contributed by atoms with E-state index in [0.717, 1.165) is 54.6 Å². The molecule has 1 aromatic heterocycles. The fourth-order valence-electron chi connectivity index (χ4n) is 5.37. The molecule has 2 aliphatic rings. The number of fused-ring (bicyclic) bond motifs is 1. The van der Waals surface area contributed by atoms with E-state index in [-0.39, 0.29) is 28.8 Å². The van der Waals surface area contributed by atoms with Crippen LogP contribution in [0, 0.1) is 5.92 Å². The molecular weight excluding hydrogens is 531 g/mol. The Hall–Kier alpha value is -2.39. The average Bonchev–Trinajstić information content (AvgIpc) is 3.46. The van der Waals surface area contributed by atoms with E-state index in [1.807, 2.05) is 17.0 Å². The van der Waals surface area contributed by atoms with Gasteiger partial charge in [-0.05, 0) is 80.5 Å². The lowest BCUT2D eigenvalue weighted by molar-refractivity contribution is -0.133. The highest BCUT2D eigenvalue weighted by molar-refractivity contribution is 7.89. The molecule has 2 atom stereocenters. The molecule has 1 aliphatic carbocycles. The van der Waals surface area contributed by atoms with Gasteiger partial charge in [-0.2, -0.15) is 0 Å². The number of imidazole rings is 1. The smallest absolute Gasteiger partial charge is 0.240 e. The molecule has 1 aliphatic heterocycles. The van der Waals surface area contributed by atoms with E-state index in [1.54, 1.807) is 44.4 Å². The molecule has 0 spiro atoms. The highest BCUT2D eigenvalue weighted by Gasteiger charge is 2.38. The molecule has 1 amide bonds. The number of aromatic amines is 1. The van der Waals surface area contributed by atoms with Crippen molar-refractivity contribution >= 4 is 39.1 Å². The number of halogens is 2. The van der Waals surface area contributed by atoms with Gasteiger partial charge in [0.05, 0.1) is 16.9 Å². The Bertz CT molecular complexity index is 1400. The maximum Gasteiger partial charge on any atom is 0.240 e. The van der Waals surface area contributed by atoms with Crippen LogP contribution in [-0.2, 0) is 34.1 Å². The molecule has 1 saturated heterocycles. The molecule has 5 rings (SSSR count). The van der Waals surface area contributed by atoms with Gasteiger partial charge in [0.1, 0.15) is 0 Å². The normalized spacial score (nSPS) is 20.0. The van der Waals surface area contributed by atoms with E-state index in [2.05, 4.69) is 14.7 Å². The number of benzene rings is 2. The van der Waals surface area contributed by atoms with Gasteiger partial charge in [-0.15, -0.1) is 0 Å². The number of carbonyl (C=O) groups is 1. The van der Waals surface area contributed by atoms with Gasteiger partial charge in [-0.1, -0.05) is 35.3 Å². The second-order valence-electron chi connectivity index (χ2n) is 10.2. The first kappa shape index (κ1) is 26.2. The van der Waals surface area contributed by atoms with Crippen molar-refractivity contribution in [2.75, 3.05) is 6.54 Å². The number of aryl methyl sites for hydroxylation is 1. The highest BCUT2D eigenvalue weighted by atomic mass is 35.5. The summed E-state index contributed by atoms with van der Waals surface area (Å²) in [7, 11) is -3.57. The van der Waals surface area contributed by atoms with Crippen LogP contribution in [-0.4, -0.2) is 47.8 Å². The van der Waals surface area contributed by atoms with Crippen LogP contribution < -0.4 is 4.72 Å². The topological polar surface area (TPSA) is 95.2 Å². The van der Waals surface area contributed by atoms with Gasteiger partial charge in [0.2, 0.25) is 15.9 Å². The van der Waals surface area contributed by atoms with Crippen LogP contribution in [0.2, 0.25) is 10.0 Å². The van der Waals surface area contributed by atoms with E-state index in [9.17, 15) is 13.2 Å². The number of hydrogen-bond donors (Lipinski definition) is 2. The van der Waals surface area contributed by atoms with Crippen LogP contribution in [0.5, 0.6) is 0 Å². The summed E-state index contributed by atoms with van der Waals surface area (Å²) in [5.41, 5.74) is 4.61. The largest absolute Gasteiger partial charge is 0.348 e. The van der Waals surface area contributed by atoms with Crippen LogP contribution in [0.15, 0.2) is 47.6 Å². The van der Waals surface area contributed by atoms with Gasteiger partial charge in [0.15, 0.2) is 0 Å². The fraction of sp³-hybridized carbons (Fsp3) is 0.407. The quantitative estimate of drug-likeness (QED) is 0.424. The molecule has 7 nitrogen and oxygen atoms in total. The molecule has 1 fully saturated rings. The summed E-state index contributed by atoms with van der Waals surface area (Å²) in [6.45, 7) is 4.29. The van der Waals surface area contributed by atoms with Gasteiger partial charge in [-0.25, -0.2) is 18.1 Å². The van der Waals surface area contributed by atoms with Crippen molar-refractivity contribution in [3.8, 4) is 11.1 Å². The number of sulfonamides is 1. The van der Waals surface area contributed by atoms with Crippen LogP contribution in [0.3, 0.4) is 0 Å². The van der Waals surface area contributed by atoms with Crippen molar-refractivity contribution in [1.82, 2.24) is 19.6 Å². The van der Waals surface area contributed by atoms with Gasteiger partial charge in [-0.3, -0.25) is 4.79 Å². The lowest BCUT2D eigenvalue weighted by Gasteiger charge is -2.31. The Morgan fingerprint density at radius 2 is 1.81 bits per heavy atom. The first-order valence-corrected chi connectivity index (χ1v) is 14.8. The van der Waals surface area contributed by atoms with Crippen molar-refractivity contribution in [1.29, 1.82) is 0 Å². The molecule has 0 bridgehead atoms. The zero-order chi connectivity index (χ0) is 26.3. The summed E-state index contributed by atoms with van der Waals surface area (Å²) in [4.78, 5) is 23.1. The minimum Gasteiger partial charge on any atom is -0.348 e. The predicted molar refractivity (Wildman–Crippen MR) is 145 cm³/mol. The van der Waals surface area contributed by atoms with E-state index in [1.165, 1.54) is 5.69 Å². The number of likely N-dealkylation sites (tertiary alicyclic amines) is 1. The Morgan fingerprint density at radius 1 is 1.11 bits per heavy atom. The number of hydrogen-bond acceptors (Lipinski definition) is 4. The molecule has 196 valence electrons. The minimum absolute atomic E-state index is 0.153. The van der Waals surface area contributed by atoms with Crippen molar-refractivity contribution in [3.05, 3.63) is 69.7 Å². The third-order valence-electron chi connectivity index (χ3n) is 7.24. The van der Waals surface area contributed by atoms with Crippen molar-refractivity contribution in [2.45, 2.75) is 62.9 Å². The molecule has 0 radical (unpaired) electrons. The highest BCUT2D eigenvalue weighted by Crippen LogP contribution is 2.36. The molecule has 10 heteroatoms. The number of rotatable bonds is 7. The molecule has 2 aromatic carbocycles. The van der Waals surface area contributed by atoms with Crippen LogP contribution in [0.4, 0.5) is 0 Å². The lowest BCUT2D eigenvalue weighted by atomic mass is 9.94. The van der Waals surface area contributed by atoms with E-state index < -0.39 is 10.0 Å². The van der Waals surface area contributed by atoms with Gasteiger partial charge in [0.25, 0.3) is 0 Å². The summed E-state index contributed by atoms with van der Waals surface area (Å²) < 4.78 is 27.4. The summed E-state index contributed by atoms with van der Waals surface area (Å²) in [5.74, 6) is 0.00591. The Balaban J connectivity index is 1.29. The average molecular weight is 562 g/mol. The standard InChI is InChI=1S/C27H30Cl2N4O3S/c1-16(2)32-37(35,36)21-6-3-17(4-7-21)19-12-23(28)22(24(29)13-19)11-18-9-10-33(27(18)34)20-5-8-25-26(14-20)31-15-30-25/h3-4,6-7,12-13,15-16,18,20,32H,5,8-11,14H2,1-2H3,(H,30,31)/t18-,20?/m0/s1. The van der Waals surface area contributed by atoms with Gasteiger partial charge < -0.3 is 9.88 Å². The Labute approximate surface area is 227 Å². The number of aromatic nitrogens is 2. The third-order valence-corrected chi connectivity index (χ3v) is 9.58. The Kier molecular flexibility index (Phi) is 7.38. The summed E-state index contributed by atoms with van der Waals surface area (Å²) in [6, 6.07) is 10.3. The number of nitrogens with zero attached hydrogens (tertiary/aromatic N) is 2. The molecular formula is C27H30Cl2N4O3S. The van der Waals surface area contributed by atoms with Crippen molar-refractivity contribution in [2.24, 2.45) is 5.92 Å². The zero-order valence-corrected chi connectivity index (χ0v) is 23.1. The number of nitrogens with one attached hydrogen (secondary N) is 2. The van der Waals surface area contributed by atoms with Gasteiger partial charge in [0, 0.05) is 46.7 Å². The second-order valence-corrected chi connectivity index (χ2v) is 12.7. The van der Waals surface area contributed by atoms with E-state index in [0.29, 0.717) is 16.5 Å². The summed E-state index contributed by atoms with van der Waals surface area (Å²) in [5, 5.41) is 1.01. The van der Waals surface area contributed by atoms with E-state index in [4.69, 9.17) is 23.2 Å². The lowest BCUT2D eigenvalue weighted by Crippen LogP contribution is -2.41. The van der Waals surface area contributed by atoms with Crippen molar-refractivity contribution in [3.63, 3.8) is 0 Å². The molecule has 3 aromatic rings. The molecule has 2 N–H and O–H groups in total. The zero-order valence-electron chi connectivity index (χ0n) is 20.8. The molecule has 37 heavy (non-hydrogen) atoms. The monoisotopic (exact) mass is 560 g/mol. The molecule has 1 unspecified atom stereocenters. The maximum atomic E-state index is 13.3. The van der Waals surface area contributed by atoms with Crippen LogP contribution in [0.25, 0.3) is 11.1 Å². The molecule has 2 heterocycles. The SMILES string of the molecule is CC(C)NS(=O)(=O)c1ccc(-c2cc(Cl)c(C[C@@H]3CCN(C4CCc5[nH]cnc5C4)C3=O)c(Cl)c2)cc1. The van der Waals surface area contributed by atoms with Gasteiger partial charge >= 0.3 is 0 Å². The van der Waals surface area contributed by atoms with Crippen molar-refractivity contribution < 1.29 is 13.2 Å². The first-order valence-electron chi connectivity index (χ1n) is 12.5. The number of carbonyl (C=O) groups excluding carboxylic acids is 1. The fourth-order valence-corrected chi connectivity index (χ4v) is 7.27. The Morgan fingerprint density at radius 3 is 2.49 bits per heavy atom. The summed E-state index contributed by atoms with van der Waals surface area (Å²) >= 11 is 13.3. The van der Waals surface area contributed by atoms with Crippen LogP contribution >= 0.6 is 23.2 Å². The number of amides is 1.